The zero-order valence-corrected chi connectivity index (χ0v) is 19.4. The molecule has 0 radical (unpaired) electrons. The van der Waals surface area contributed by atoms with E-state index in [1.807, 2.05) is 6.92 Å². The van der Waals surface area contributed by atoms with Gasteiger partial charge in [-0.05, 0) is 70.4 Å². The van der Waals surface area contributed by atoms with E-state index in [1.165, 1.54) is 24.4 Å². The number of benzene rings is 2. The second kappa shape index (κ2) is 11.0. The summed E-state index contributed by atoms with van der Waals surface area (Å²) in [4.78, 5) is 14.8. The normalized spacial score (nSPS) is 11.4. The van der Waals surface area contributed by atoms with Gasteiger partial charge in [-0.25, -0.2) is 9.78 Å². The first-order chi connectivity index (χ1) is 16.2. The summed E-state index contributed by atoms with van der Waals surface area (Å²) in [5.74, 6) is -0.0175. The van der Waals surface area contributed by atoms with E-state index in [9.17, 15) is 18.0 Å². The molecule has 2 aromatic carbocycles. The van der Waals surface area contributed by atoms with Gasteiger partial charge in [0.2, 0.25) is 0 Å². The molecule has 0 amide bonds. The molecular formula is C23H19BrF3N3O4. The molecule has 178 valence electrons. The highest BCUT2D eigenvalue weighted by Crippen LogP contribution is 2.37. The van der Waals surface area contributed by atoms with Crippen molar-refractivity contribution in [1.82, 2.24) is 4.98 Å². The van der Waals surface area contributed by atoms with Crippen LogP contribution in [0.3, 0.4) is 0 Å². The lowest BCUT2D eigenvalue weighted by Gasteiger charge is -2.15. The molecule has 1 heterocycles. The number of aromatic nitrogens is 1. The van der Waals surface area contributed by atoms with Crippen LogP contribution in [0.25, 0.3) is 0 Å². The summed E-state index contributed by atoms with van der Waals surface area (Å²) in [6, 6.07) is 11.9. The number of ether oxygens (including phenoxy) is 2. The molecule has 0 atom stereocenters. The zero-order valence-electron chi connectivity index (χ0n) is 17.8. The van der Waals surface area contributed by atoms with Crippen LogP contribution in [0.2, 0.25) is 0 Å². The summed E-state index contributed by atoms with van der Waals surface area (Å²) in [5, 5.41) is 13.1. The molecule has 3 rings (SSSR count). The Bertz CT molecular complexity index is 1190. The Balaban J connectivity index is 1.72. The number of hydrazone groups is 1. The molecule has 1 aromatic heterocycles. The lowest BCUT2D eigenvalue weighted by Crippen LogP contribution is -2.05. The summed E-state index contributed by atoms with van der Waals surface area (Å²) >= 11 is 3.44. The maximum Gasteiger partial charge on any atom is 0.417 e. The minimum Gasteiger partial charge on any atom is -0.490 e. The predicted molar refractivity (Wildman–Crippen MR) is 124 cm³/mol. The molecule has 0 aliphatic rings. The Morgan fingerprint density at radius 1 is 1.21 bits per heavy atom. The molecule has 0 fully saturated rings. The topological polar surface area (TPSA) is 93.0 Å². The van der Waals surface area contributed by atoms with Gasteiger partial charge >= 0.3 is 12.1 Å². The number of alkyl halides is 3. The third-order valence-electron chi connectivity index (χ3n) is 4.37. The van der Waals surface area contributed by atoms with Gasteiger partial charge in [0.05, 0.1) is 28.4 Å². The van der Waals surface area contributed by atoms with Crippen molar-refractivity contribution in [3.05, 3.63) is 81.5 Å². The van der Waals surface area contributed by atoms with E-state index < -0.39 is 17.7 Å². The van der Waals surface area contributed by atoms with Crippen LogP contribution in [0.5, 0.6) is 11.5 Å². The van der Waals surface area contributed by atoms with Gasteiger partial charge in [0.15, 0.2) is 11.5 Å². The highest BCUT2D eigenvalue weighted by Gasteiger charge is 2.30. The fourth-order valence-electron chi connectivity index (χ4n) is 2.82. The molecule has 0 saturated carbocycles. The number of rotatable bonds is 9. The highest BCUT2D eigenvalue weighted by atomic mass is 79.9. The number of halogens is 4. The van der Waals surface area contributed by atoms with Crippen LogP contribution in [0.15, 0.2) is 64.3 Å². The standard InChI is InChI=1S/C23H19BrF3N3O4/c1-2-33-19-10-15(11-29-30-20-7-6-17(12-28-20)23(25,26)27)9-18(24)21(19)34-13-14-4-3-5-16(8-14)22(31)32/h3-12H,2,13H2,1H3,(H,28,30)(H,31,32)/b29-11-. The fraction of sp³-hybridized carbons (Fsp3) is 0.174. The number of nitrogens with one attached hydrogen (secondary N) is 1. The molecule has 3 aromatic rings. The van der Waals surface area contributed by atoms with Gasteiger partial charge in [-0.2, -0.15) is 18.3 Å². The Morgan fingerprint density at radius 2 is 2.00 bits per heavy atom. The Labute approximate surface area is 201 Å². The number of pyridine rings is 1. The van der Waals surface area contributed by atoms with E-state index in [2.05, 4.69) is 31.4 Å². The summed E-state index contributed by atoms with van der Waals surface area (Å²) in [6.45, 7) is 2.30. The minimum atomic E-state index is -4.46. The molecule has 2 N–H and O–H groups in total. The van der Waals surface area contributed by atoms with Crippen LogP contribution in [0, 0.1) is 0 Å². The Morgan fingerprint density at radius 3 is 2.65 bits per heavy atom. The molecule has 0 aliphatic heterocycles. The number of carboxylic acid groups (broad SMARTS) is 1. The smallest absolute Gasteiger partial charge is 0.417 e. The number of hydrogen-bond donors (Lipinski definition) is 2. The number of anilines is 1. The monoisotopic (exact) mass is 537 g/mol. The van der Waals surface area contributed by atoms with E-state index in [4.69, 9.17) is 14.6 Å². The van der Waals surface area contributed by atoms with Crippen molar-refractivity contribution in [2.75, 3.05) is 12.0 Å². The van der Waals surface area contributed by atoms with Crippen molar-refractivity contribution < 1.29 is 32.5 Å². The third-order valence-corrected chi connectivity index (χ3v) is 4.96. The number of carboxylic acids is 1. The van der Waals surface area contributed by atoms with E-state index in [-0.39, 0.29) is 18.0 Å². The van der Waals surface area contributed by atoms with Gasteiger partial charge in [-0.15, -0.1) is 0 Å². The van der Waals surface area contributed by atoms with Crippen LogP contribution >= 0.6 is 15.9 Å². The molecule has 11 heteroatoms. The van der Waals surface area contributed by atoms with Gasteiger partial charge in [0.1, 0.15) is 12.4 Å². The maximum absolute atomic E-state index is 12.6. The summed E-state index contributed by atoms with van der Waals surface area (Å²) in [7, 11) is 0. The molecular weight excluding hydrogens is 519 g/mol. The van der Waals surface area contributed by atoms with Crippen molar-refractivity contribution in [2.45, 2.75) is 19.7 Å². The first-order valence-electron chi connectivity index (χ1n) is 9.91. The van der Waals surface area contributed by atoms with E-state index in [1.54, 1.807) is 24.3 Å². The second-order valence-corrected chi connectivity index (χ2v) is 7.71. The Hall–Kier alpha value is -3.60. The van der Waals surface area contributed by atoms with E-state index >= 15 is 0 Å². The molecule has 0 aliphatic carbocycles. The van der Waals surface area contributed by atoms with E-state index in [0.717, 1.165) is 12.3 Å². The molecule has 0 unspecified atom stereocenters. The van der Waals surface area contributed by atoms with Gasteiger partial charge in [-0.1, -0.05) is 12.1 Å². The van der Waals surface area contributed by atoms with Crippen LogP contribution < -0.4 is 14.9 Å². The van der Waals surface area contributed by atoms with Crippen molar-refractivity contribution in [2.24, 2.45) is 5.10 Å². The quantitative estimate of drug-likeness (QED) is 0.257. The van der Waals surface area contributed by atoms with E-state index in [0.29, 0.717) is 33.7 Å². The van der Waals surface area contributed by atoms with Crippen LogP contribution in [0.1, 0.15) is 34.0 Å². The average Bonchev–Trinajstić information content (AvgIpc) is 2.79. The summed E-state index contributed by atoms with van der Waals surface area (Å²) in [5.41, 5.74) is 3.18. The molecule has 0 saturated heterocycles. The number of hydrogen-bond acceptors (Lipinski definition) is 6. The maximum atomic E-state index is 12.6. The van der Waals surface area contributed by atoms with Crippen LogP contribution in [-0.2, 0) is 12.8 Å². The zero-order chi connectivity index (χ0) is 24.7. The van der Waals surface area contributed by atoms with Crippen molar-refractivity contribution in [1.29, 1.82) is 0 Å². The van der Waals surface area contributed by atoms with Gasteiger partial charge in [0.25, 0.3) is 0 Å². The van der Waals surface area contributed by atoms with Crippen LogP contribution in [-0.4, -0.2) is 28.9 Å². The van der Waals surface area contributed by atoms with Gasteiger partial charge in [-0.3, -0.25) is 5.43 Å². The number of carbonyl (C=O) groups is 1. The van der Waals surface area contributed by atoms with Gasteiger partial charge in [0, 0.05) is 6.20 Å². The number of aromatic carboxylic acids is 1. The third kappa shape index (κ3) is 6.70. The fourth-order valence-corrected chi connectivity index (χ4v) is 3.39. The molecule has 0 bridgehead atoms. The molecule has 0 spiro atoms. The van der Waals surface area contributed by atoms with Crippen molar-refractivity contribution >= 4 is 33.9 Å². The summed E-state index contributed by atoms with van der Waals surface area (Å²) in [6.07, 6.45) is -2.29. The predicted octanol–water partition coefficient (Wildman–Crippen LogP) is 5.98. The first-order valence-corrected chi connectivity index (χ1v) is 10.7. The second-order valence-electron chi connectivity index (χ2n) is 6.86. The van der Waals surface area contributed by atoms with Crippen LogP contribution in [0.4, 0.5) is 19.0 Å². The van der Waals surface area contributed by atoms with Crippen molar-refractivity contribution in [3.8, 4) is 11.5 Å². The Kier molecular flexibility index (Phi) is 8.11. The van der Waals surface area contributed by atoms with Crippen molar-refractivity contribution in [3.63, 3.8) is 0 Å². The molecule has 7 nitrogen and oxygen atoms in total. The SMILES string of the molecule is CCOc1cc(/C=N\Nc2ccc(C(F)(F)F)cn2)cc(Br)c1OCc1cccc(C(=O)O)c1. The largest absolute Gasteiger partial charge is 0.490 e. The molecule has 34 heavy (non-hydrogen) atoms. The van der Waals surface area contributed by atoms with Gasteiger partial charge < -0.3 is 14.6 Å². The first kappa shape index (κ1) is 25.0. The highest BCUT2D eigenvalue weighted by molar-refractivity contribution is 9.10. The summed E-state index contributed by atoms with van der Waals surface area (Å²) < 4.78 is 50.0. The average molecular weight is 538 g/mol. The number of nitrogens with zero attached hydrogens (tertiary/aromatic N) is 2. The lowest BCUT2D eigenvalue weighted by atomic mass is 10.1. The minimum absolute atomic E-state index is 0.119. The lowest BCUT2D eigenvalue weighted by molar-refractivity contribution is -0.137.